The van der Waals surface area contributed by atoms with E-state index in [4.69, 9.17) is 4.42 Å². The maximum Gasteiger partial charge on any atom is 0.422 e. The minimum absolute atomic E-state index is 0.224. The molecule has 0 fully saturated rings. The van der Waals surface area contributed by atoms with Crippen LogP contribution in [-0.2, 0) is 6.54 Å². The van der Waals surface area contributed by atoms with E-state index >= 15 is 0 Å². The predicted molar refractivity (Wildman–Crippen MR) is 61.6 cm³/mol. The van der Waals surface area contributed by atoms with Gasteiger partial charge in [0.1, 0.15) is 5.58 Å². The number of rotatable bonds is 2. The van der Waals surface area contributed by atoms with Gasteiger partial charge in [0.05, 0.1) is 5.39 Å². The number of aromatic nitrogens is 1. The first-order valence-corrected chi connectivity index (χ1v) is 5.22. The average Bonchev–Trinajstić information content (AvgIpc) is 2.24. The first-order chi connectivity index (χ1) is 7.59. The molecule has 4 nitrogen and oxygen atoms in total. The Bertz CT molecular complexity index is 622. The van der Waals surface area contributed by atoms with Crippen LogP contribution in [0.1, 0.15) is 13.8 Å². The summed E-state index contributed by atoms with van der Waals surface area (Å²) in [6.45, 7) is 4.27. The second-order valence-electron chi connectivity index (χ2n) is 4.17. The Morgan fingerprint density at radius 3 is 2.62 bits per heavy atom. The highest BCUT2D eigenvalue weighted by Gasteiger charge is 2.09. The van der Waals surface area contributed by atoms with Crippen molar-refractivity contribution in [2.24, 2.45) is 5.92 Å². The summed E-state index contributed by atoms with van der Waals surface area (Å²) in [5.41, 5.74) is 0.0676. The molecule has 0 aliphatic rings. The van der Waals surface area contributed by atoms with Gasteiger partial charge in [0.25, 0.3) is 5.56 Å². The lowest BCUT2D eigenvalue weighted by molar-refractivity contribution is 0.414. The highest BCUT2D eigenvalue weighted by atomic mass is 16.4. The van der Waals surface area contributed by atoms with Crippen molar-refractivity contribution in [3.8, 4) is 0 Å². The average molecular weight is 219 g/mol. The van der Waals surface area contributed by atoms with E-state index in [-0.39, 0.29) is 11.5 Å². The van der Waals surface area contributed by atoms with E-state index in [1.165, 1.54) is 0 Å². The van der Waals surface area contributed by atoms with Gasteiger partial charge in [0.15, 0.2) is 0 Å². The molecular weight excluding hydrogens is 206 g/mol. The van der Waals surface area contributed by atoms with Crippen molar-refractivity contribution < 1.29 is 4.42 Å². The third-order valence-electron chi connectivity index (χ3n) is 2.33. The predicted octanol–water partition coefficient (Wildman–Crippen LogP) is 1.61. The van der Waals surface area contributed by atoms with Crippen LogP contribution in [0.3, 0.4) is 0 Å². The minimum Gasteiger partial charge on any atom is -0.409 e. The maximum atomic E-state index is 12.0. The van der Waals surface area contributed by atoms with Gasteiger partial charge >= 0.3 is 5.76 Å². The zero-order valence-electron chi connectivity index (χ0n) is 9.27. The van der Waals surface area contributed by atoms with E-state index in [1.54, 1.807) is 24.3 Å². The van der Waals surface area contributed by atoms with Crippen LogP contribution in [-0.4, -0.2) is 4.57 Å². The summed E-state index contributed by atoms with van der Waals surface area (Å²) in [4.78, 5) is 23.6. The topological polar surface area (TPSA) is 52.2 Å². The molecule has 0 radical (unpaired) electrons. The SMILES string of the molecule is CC(C)Cn1c(=O)oc2ccccc2c1=O. The molecule has 1 heterocycles. The molecule has 0 bridgehead atoms. The van der Waals surface area contributed by atoms with Crippen molar-refractivity contribution in [1.29, 1.82) is 0 Å². The highest BCUT2D eigenvalue weighted by Crippen LogP contribution is 2.06. The Kier molecular flexibility index (Phi) is 2.64. The number of hydrogen-bond donors (Lipinski definition) is 0. The molecule has 0 unspecified atom stereocenters. The van der Waals surface area contributed by atoms with Crippen LogP contribution in [0, 0.1) is 5.92 Å². The standard InChI is InChI=1S/C12H13NO3/c1-8(2)7-13-11(14)9-5-3-4-6-10(9)16-12(13)15/h3-6,8H,7H2,1-2H3. The molecule has 0 N–H and O–H groups in total. The summed E-state index contributed by atoms with van der Waals surface area (Å²) in [5.74, 6) is -0.362. The van der Waals surface area contributed by atoms with E-state index in [1.807, 2.05) is 13.8 Å². The Morgan fingerprint density at radius 2 is 1.94 bits per heavy atom. The molecule has 2 aromatic rings. The van der Waals surface area contributed by atoms with Crippen molar-refractivity contribution in [3.05, 3.63) is 45.2 Å². The van der Waals surface area contributed by atoms with E-state index in [9.17, 15) is 9.59 Å². The van der Waals surface area contributed by atoms with Crippen molar-refractivity contribution in [2.45, 2.75) is 20.4 Å². The molecule has 4 heteroatoms. The summed E-state index contributed by atoms with van der Waals surface area (Å²) in [6.07, 6.45) is 0. The molecule has 0 amide bonds. The summed E-state index contributed by atoms with van der Waals surface area (Å²) in [5, 5.41) is 0.447. The third kappa shape index (κ3) is 1.78. The Labute approximate surface area is 92.1 Å². The van der Waals surface area contributed by atoms with Gasteiger partial charge in [-0.15, -0.1) is 0 Å². The van der Waals surface area contributed by atoms with Gasteiger partial charge in [-0.3, -0.25) is 4.79 Å². The molecule has 0 saturated carbocycles. The Hall–Kier alpha value is -1.84. The van der Waals surface area contributed by atoms with E-state index < -0.39 is 5.76 Å². The van der Waals surface area contributed by atoms with Gasteiger partial charge in [-0.2, -0.15) is 0 Å². The fourth-order valence-electron chi connectivity index (χ4n) is 1.63. The van der Waals surface area contributed by atoms with Crippen molar-refractivity contribution in [3.63, 3.8) is 0 Å². The van der Waals surface area contributed by atoms with Gasteiger partial charge in [-0.25, -0.2) is 9.36 Å². The zero-order chi connectivity index (χ0) is 11.7. The van der Waals surface area contributed by atoms with Gasteiger partial charge in [-0.1, -0.05) is 26.0 Å². The quantitative estimate of drug-likeness (QED) is 0.771. The molecule has 16 heavy (non-hydrogen) atoms. The van der Waals surface area contributed by atoms with Crippen LogP contribution in [0.2, 0.25) is 0 Å². The molecular formula is C12H13NO3. The van der Waals surface area contributed by atoms with E-state index in [0.29, 0.717) is 17.5 Å². The molecule has 84 valence electrons. The second-order valence-corrected chi connectivity index (χ2v) is 4.17. The van der Waals surface area contributed by atoms with E-state index in [2.05, 4.69) is 0 Å². The molecule has 0 saturated heterocycles. The fraction of sp³-hybridized carbons (Fsp3) is 0.333. The lowest BCUT2D eigenvalue weighted by Gasteiger charge is -2.07. The number of benzene rings is 1. The van der Waals surface area contributed by atoms with Gasteiger partial charge in [-0.05, 0) is 18.1 Å². The largest absolute Gasteiger partial charge is 0.422 e. The maximum absolute atomic E-state index is 12.0. The molecule has 0 atom stereocenters. The van der Waals surface area contributed by atoms with Gasteiger partial charge in [0.2, 0.25) is 0 Å². The second kappa shape index (κ2) is 3.96. The number of nitrogens with zero attached hydrogens (tertiary/aromatic N) is 1. The summed E-state index contributed by atoms with van der Waals surface area (Å²) < 4.78 is 6.23. The minimum atomic E-state index is -0.586. The first-order valence-electron chi connectivity index (χ1n) is 5.22. The molecule has 1 aromatic carbocycles. The molecule has 0 aliphatic heterocycles. The molecule has 2 rings (SSSR count). The van der Waals surface area contributed by atoms with Crippen LogP contribution in [0.25, 0.3) is 11.0 Å². The fourth-order valence-corrected chi connectivity index (χ4v) is 1.63. The molecule has 1 aromatic heterocycles. The Morgan fingerprint density at radius 1 is 1.25 bits per heavy atom. The van der Waals surface area contributed by atoms with Gasteiger partial charge < -0.3 is 4.42 Å². The van der Waals surface area contributed by atoms with Crippen molar-refractivity contribution >= 4 is 11.0 Å². The van der Waals surface area contributed by atoms with Crippen LogP contribution in [0.5, 0.6) is 0 Å². The normalized spacial score (nSPS) is 11.2. The number of fused-ring (bicyclic) bond motifs is 1. The lowest BCUT2D eigenvalue weighted by Crippen LogP contribution is -2.33. The number of hydrogen-bond acceptors (Lipinski definition) is 3. The molecule has 0 spiro atoms. The van der Waals surface area contributed by atoms with Crippen molar-refractivity contribution in [1.82, 2.24) is 4.57 Å². The molecule has 0 aliphatic carbocycles. The van der Waals surface area contributed by atoms with Gasteiger partial charge in [0, 0.05) is 6.54 Å². The van der Waals surface area contributed by atoms with Crippen LogP contribution in [0.15, 0.2) is 38.3 Å². The first kappa shape index (κ1) is 10.7. The highest BCUT2D eigenvalue weighted by molar-refractivity contribution is 5.74. The van der Waals surface area contributed by atoms with Crippen LogP contribution >= 0.6 is 0 Å². The smallest absolute Gasteiger partial charge is 0.409 e. The summed E-state index contributed by atoms with van der Waals surface area (Å²) in [6, 6.07) is 6.77. The summed E-state index contributed by atoms with van der Waals surface area (Å²) in [7, 11) is 0. The van der Waals surface area contributed by atoms with Crippen LogP contribution < -0.4 is 11.3 Å². The van der Waals surface area contributed by atoms with Crippen LogP contribution in [0.4, 0.5) is 0 Å². The lowest BCUT2D eigenvalue weighted by atomic mass is 10.2. The third-order valence-corrected chi connectivity index (χ3v) is 2.33. The number of para-hydroxylation sites is 1. The Balaban J connectivity index is 2.76. The monoisotopic (exact) mass is 219 g/mol. The van der Waals surface area contributed by atoms with E-state index in [0.717, 1.165) is 4.57 Å². The summed E-state index contributed by atoms with van der Waals surface area (Å²) >= 11 is 0. The zero-order valence-corrected chi connectivity index (χ0v) is 9.27. The van der Waals surface area contributed by atoms with Crippen molar-refractivity contribution in [2.75, 3.05) is 0 Å².